The molecule has 26 heavy (non-hydrogen) atoms. The van der Waals surface area contributed by atoms with Crippen LogP contribution in [0.3, 0.4) is 0 Å². The van der Waals surface area contributed by atoms with Gasteiger partial charge in [0.15, 0.2) is 0 Å². The molecule has 3 heterocycles. The number of pyridine rings is 1. The Bertz CT molecular complexity index is 656. The minimum absolute atomic E-state index is 0.259. The smallest absolute Gasteiger partial charge is 0.0866 e. The summed E-state index contributed by atoms with van der Waals surface area (Å²) in [5.41, 5.74) is 2.64. The summed E-state index contributed by atoms with van der Waals surface area (Å²) in [7, 11) is 0. The molecule has 4 nitrogen and oxygen atoms in total. The van der Waals surface area contributed by atoms with Crippen LogP contribution < -0.4 is 5.32 Å². The van der Waals surface area contributed by atoms with Crippen LogP contribution in [0.5, 0.6) is 0 Å². The van der Waals surface area contributed by atoms with Crippen LogP contribution in [0.1, 0.15) is 36.5 Å². The van der Waals surface area contributed by atoms with Gasteiger partial charge in [0.1, 0.15) is 0 Å². The predicted octanol–water partition coefficient (Wildman–Crippen LogP) is 3.41. The maximum Gasteiger partial charge on any atom is 0.0866 e. The molecule has 2 saturated heterocycles. The molecule has 2 aliphatic rings. The number of benzene rings is 1. The Morgan fingerprint density at radius 2 is 1.88 bits per heavy atom. The SMILES string of the molecule is c1ccc([C@H]2OCC[C@@H]2CNC2CCN(Cc3cccnc3)CC2)cc1. The van der Waals surface area contributed by atoms with E-state index in [-0.39, 0.29) is 6.10 Å². The van der Waals surface area contributed by atoms with E-state index in [4.69, 9.17) is 4.74 Å². The van der Waals surface area contributed by atoms with Gasteiger partial charge in [0.2, 0.25) is 0 Å². The van der Waals surface area contributed by atoms with E-state index in [0.717, 1.165) is 39.2 Å². The van der Waals surface area contributed by atoms with E-state index in [1.165, 1.54) is 24.0 Å². The number of likely N-dealkylation sites (tertiary alicyclic amines) is 1. The lowest BCUT2D eigenvalue weighted by atomic mass is 9.94. The second-order valence-electron chi connectivity index (χ2n) is 7.57. The lowest BCUT2D eigenvalue weighted by Crippen LogP contribution is -2.43. The summed E-state index contributed by atoms with van der Waals surface area (Å²) in [5.74, 6) is 0.589. The predicted molar refractivity (Wildman–Crippen MR) is 104 cm³/mol. The monoisotopic (exact) mass is 351 g/mol. The largest absolute Gasteiger partial charge is 0.373 e. The molecule has 0 saturated carbocycles. The molecular formula is C22H29N3O. The molecule has 0 bridgehead atoms. The van der Waals surface area contributed by atoms with Gasteiger partial charge in [-0.1, -0.05) is 36.4 Å². The van der Waals surface area contributed by atoms with Crippen molar-refractivity contribution >= 4 is 0 Å². The summed E-state index contributed by atoms with van der Waals surface area (Å²) < 4.78 is 6.02. The van der Waals surface area contributed by atoms with Crippen LogP contribution in [0, 0.1) is 5.92 Å². The molecule has 0 unspecified atom stereocenters. The summed E-state index contributed by atoms with van der Waals surface area (Å²) in [4.78, 5) is 6.76. The number of nitrogens with zero attached hydrogens (tertiary/aromatic N) is 2. The highest BCUT2D eigenvalue weighted by Gasteiger charge is 2.30. The van der Waals surface area contributed by atoms with Crippen molar-refractivity contribution in [3.05, 3.63) is 66.0 Å². The zero-order chi connectivity index (χ0) is 17.6. The maximum atomic E-state index is 6.02. The van der Waals surface area contributed by atoms with Gasteiger partial charge < -0.3 is 10.1 Å². The summed E-state index contributed by atoms with van der Waals surface area (Å²) in [6, 6.07) is 15.5. The lowest BCUT2D eigenvalue weighted by molar-refractivity contribution is 0.0885. The number of ether oxygens (including phenoxy) is 1. The highest BCUT2D eigenvalue weighted by molar-refractivity contribution is 5.19. The molecule has 138 valence electrons. The Morgan fingerprint density at radius 1 is 1.04 bits per heavy atom. The van der Waals surface area contributed by atoms with Gasteiger partial charge in [0, 0.05) is 44.0 Å². The molecule has 0 radical (unpaired) electrons. The zero-order valence-corrected chi connectivity index (χ0v) is 15.4. The van der Waals surface area contributed by atoms with Gasteiger partial charge in [-0.05, 0) is 49.5 Å². The Hall–Kier alpha value is -1.75. The van der Waals surface area contributed by atoms with E-state index in [9.17, 15) is 0 Å². The van der Waals surface area contributed by atoms with Crippen molar-refractivity contribution in [1.29, 1.82) is 0 Å². The number of aromatic nitrogens is 1. The first kappa shape index (κ1) is 17.7. The molecule has 2 atom stereocenters. The minimum atomic E-state index is 0.259. The van der Waals surface area contributed by atoms with Crippen LogP contribution in [0.15, 0.2) is 54.9 Å². The van der Waals surface area contributed by atoms with Crippen LogP contribution in [-0.2, 0) is 11.3 Å². The topological polar surface area (TPSA) is 37.4 Å². The minimum Gasteiger partial charge on any atom is -0.373 e. The Morgan fingerprint density at radius 3 is 2.65 bits per heavy atom. The van der Waals surface area contributed by atoms with Crippen molar-refractivity contribution in [3.63, 3.8) is 0 Å². The van der Waals surface area contributed by atoms with Crippen LogP contribution >= 0.6 is 0 Å². The first-order valence-corrected chi connectivity index (χ1v) is 9.89. The number of nitrogens with one attached hydrogen (secondary N) is 1. The molecule has 4 heteroatoms. The Kier molecular flexibility index (Phi) is 5.95. The van der Waals surface area contributed by atoms with Gasteiger partial charge in [-0.3, -0.25) is 9.88 Å². The van der Waals surface area contributed by atoms with Crippen LogP contribution in [0.25, 0.3) is 0 Å². The fourth-order valence-corrected chi connectivity index (χ4v) is 4.22. The van der Waals surface area contributed by atoms with Gasteiger partial charge in [0.25, 0.3) is 0 Å². The summed E-state index contributed by atoms with van der Waals surface area (Å²) in [6.45, 7) is 5.29. The Balaban J connectivity index is 1.22. The van der Waals surface area contributed by atoms with Crippen LogP contribution in [0.4, 0.5) is 0 Å². The van der Waals surface area contributed by atoms with E-state index < -0.39 is 0 Å². The van der Waals surface area contributed by atoms with E-state index in [2.05, 4.69) is 51.6 Å². The average Bonchev–Trinajstić information content (AvgIpc) is 3.18. The molecule has 1 aromatic heterocycles. The summed E-state index contributed by atoms with van der Waals surface area (Å²) in [5, 5.41) is 3.83. The normalized spacial score (nSPS) is 24.8. The quantitative estimate of drug-likeness (QED) is 0.865. The summed E-state index contributed by atoms with van der Waals surface area (Å²) in [6.07, 6.45) is 7.69. The van der Waals surface area contributed by atoms with Crippen molar-refractivity contribution < 1.29 is 4.74 Å². The molecule has 2 aromatic rings. The second-order valence-corrected chi connectivity index (χ2v) is 7.57. The van der Waals surface area contributed by atoms with Gasteiger partial charge in [-0.2, -0.15) is 0 Å². The highest BCUT2D eigenvalue weighted by atomic mass is 16.5. The third-order valence-electron chi connectivity index (χ3n) is 5.73. The van der Waals surface area contributed by atoms with Crippen molar-refractivity contribution in [2.75, 3.05) is 26.2 Å². The standard InChI is InChI=1S/C22H29N3O/c1-2-6-19(7-3-1)22-20(10-14-26-22)16-24-21-8-12-25(13-9-21)17-18-5-4-11-23-15-18/h1-7,11,15,20-22,24H,8-10,12-14,16-17H2/t20-,22-/m1/s1. The molecule has 2 fully saturated rings. The molecule has 0 aliphatic carbocycles. The first-order valence-electron chi connectivity index (χ1n) is 9.89. The fourth-order valence-electron chi connectivity index (χ4n) is 4.22. The molecule has 2 aliphatic heterocycles. The maximum absolute atomic E-state index is 6.02. The molecule has 1 N–H and O–H groups in total. The third kappa shape index (κ3) is 4.50. The second kappa shape index (κ2) is 8.76. The number of piperidine rings is 1. The van der Waals surface area contributed by atoms with Gasteiger partial charge >= 0.3 is 0 Å². The molecule has 0 spiro atoms. The van der Waals surface area contributed by atoms with E-state index in [1.807, 2.05) is 18.5 Å². The van der Waals surface area contributed by atoms with E-state index >= 15 is 0 Å². The van der Waals surface area contributed by atoms with Crippen molar-refractivity contribution in [2.45, 2.75) is 38.0 Å². The third-order valence-corrected chi connectivity index (χ3v) is 5.73. The molecule has 1 aromatic carbocycles. The zero-order valence-electron chi connectivity index (χ0n) is 15.4. The van der Waals surface area contributed by atoms with Gasteiger partial charge in [0.05, 0.1) is 6.10 Å². The molecular weight excluding hydrogens is 322 g/mol. The number of hydrogen-bond acceptors (Lipinski definition) is 4. The molecule has 4 rings (SSSR count). The van der Waals surface area contributed by atoms with Crippen molar-refractivity contribution in [2.24, 2.45) is 5.92 Å². The Labute approximate surface area is 156 Å². The van der Waals surface area contributed by atoms with Crippen molar-refractivity contribution in [1.82, 2.24) is 15.2 Å². The highest BCUT2D eigenvalue weighted by Crippen LogP contribution is 2.34. The van der Waals surface area contributed by atoms with Crippen LogP contribution in [-0.4, -0.2) is 42.2 Å². The van der Waals surface area contributed by atoms with Crippen LogP contribution in [0.2, 0.25) is 0 Å². The average molecular weight is 351 g/mol. The summed E-state index contributed by atoms with van der Waals surface area (Å²) >= 11 is 0. The van der Waals surface area contributed by atoms with E-state index in [1.54, 1.807) is 0 Å². The molecule has 0 amide bonds. The number of rotatable bonds is 6. The lowest BCUT2D eigenvalue weighted by Gasteiger charge is -2.33. The van der Waals surface area contributed by atoms with Gasteiger partial charge in [-0.25, -0.2) is 0 Å². The fraction of sp³-hybridized carbons (Fsp3) is 0.500. The van der Waals surface area contributed by atoms with E-state index in [0.29, 0.717) is 12.0 Å². The number of hydrogen-bond donors (Lipinski definition) is 1. The first-order chi connectivity index (χ1) is 12.9. The van der Waals surface area contributed by atoms with Gasteiger partial charge in [-0.15, -0.1) is 0 Å². The van der Waals surface area contributed by atoms with Crippen molar-refractivity contribution in [3.8, 4) is 0 Å².